The van der Waals surface area contributed by atoms with Crippen LogP contribution in [-0.4, -0.2) is 25.6 Å². The highest BCUT2D eigenvalue weighted by molar-refractivity contribution is 6.30. The van der Waals surface area contributed by atoms with Crippen molar-refractivity contribution in [3.63, 3.8) is 0 Å². The Morgan fingerprint density at radius 3 is 2.24 bits per heavy atom. The number of ether oxygens (including phenoxy) is 2. The zero-order valence-corrected chi connectivity index (χ0v) is 19.0. The first-order valence-electron chi connectivity index (χ1n) is 10.4. The van der Waals surface area contributed by atoms with Gasteiger partial charge >= 0.3 is 5.97 Å². The van der Waals surface area contributed by atoms with E-state index in [1.54, 1.807) is 55.3 Å². The minimum Gasteiger partial charge on any atom is -0.497 e. The fraction of sp³-hybridized carbons (Fsp3) is 0.111. The van der Waals surface area contributed by atoms with Crippen LogP contribution in [0.5, 0.6) is 5.75 Å². The van der Waals surface area contributed by atoms with Crippen molar-refractivity contribution >= 4 is 40.9 Å². The van der Waals surface area contributed by atoms with Crippen molar-refractivity contribution in [1.82, 2.24) is 0 Å². The maximum Gasteiger partial charge on any atom is 0.338 e. The Morgan fingerprint density at radius 1 is 0.970 bits per heavy atom. The van der Waals surface area contributed by atoms with Gasteiger partial charge in [0.15, 0.2) is 0 Å². The molecule has 33 heavy (non-hydrogen) atoms. The van der Waals surface area contributed by atoms with Gasteiger partial charge in [-0.2, -0.15) is 0 Å². The molecule has 0 atom stereocenters. The number of benzene rings is 3. The summed E-state index contributed by atoms with van der Waals surface area (Å²) < 4.78 is 10.3. The van der Waals surface area contributed by atoms with Gasteiger partial charge in [-0.15, -0.1) is 0 Å². The van der Waals surface area contributed by atoms with Crippen LogP contribution in [0.15, 0.2) is 84.4 Å². The molecule has 0 saturated heterocycles. The van der Waals surface area contributed by atoms with E-state index >= 15 is 0 Å². The first-order chi connectivity index (χ1) is 16.0. The van der Waals surface area contributed by atoms with Gasteiger partial charge in [-0.1, -0.05) is 35.9 Å². The normalized spacial score (nSPS) is 14.4. The maximum absolute atomic E-state index is 13.5. The van der Waals surface area contributed by atoms with Crippen molar-refractivity contribution in [2.24, 2.45) is 0 Å². The Kier molecular flexibility index (Phi) is 6.61. The summed E-state index contributed by atoms with van der Waals surface area (Å²) in [5, 5.41) is 0.614. The first kappa shape index (κ1) is 22.4. The standard InChI is InChI=1S/C27H22ClNO4/c1-3-33-27(31)20-8-12-23(13-9-20)29-25(19-6-10-22(28)11-7-19)17-21(26(29)30)16-18-4-14-24(32-2)15-5-18/h4-17H,3H2,1-2H3/b21-16-. The number of carbonyl (C=O) groups excluding carboxylic acids is 2. The summed E-state index contributed by atoms with van der Waals surface area (Å²) in [6, 6.07) is 21.6. The highest BCUT2D eigenvalue weighted by Crippen LogP contribution is 2.36. The molecule has 166 valence electrons. The van der Waals surface area contributed by atoms with Gasteiger partial charge in [-0.25, -0.2) is 4.79 Å². The summed E-state index contributed by atoms with van der Waals surface area (Å²) in [4.78, 5) is 27.1. The number of amides is 1. The molecule has 0 fully saturated rings. The summed E-state index contributed by atoms with van der Waals surface area (Å²) >= 11 is 6.07. The number of rotatable bonds is 6. The van der Waals surface area contributed by atoms with Crippen molar-refractivity contribution in [3.05, 3.63) is 106 Å². The molecule has 3 aromatic rings. The average molecular weight is 460 g/mol. The maximum atomic E-state index is 13.5. The predicted molar refractivity (Wildman–Crippen MR) is 130 cm³/mol. The van der Waals surface area contributed by atoms with Gasteiger partial charge in [0.25, 0.3) is 5.91 Å². The second kappa shape index (κ2) is 9.76. The number of hydrogen-bond donors (Lipinski definition) is 0. The Hall–Kier alpha value is -3.83. The summed E-state index contributed by atoms with van der Waals surface area (Å²) in [5.74, 6) is 0.181. The van der Waals surface area contributed by atoms with E-state index in [-0.39, 0.29) is 5.91 Å². The molecule has 0 N–H and O–H groups in total. The SMILES string of the molecule is CCOC(=O)c1ccc(N2C(=O)/C(=C\c3ccc(OC)cc3)C=C2c2ccc(Cl)cc2)cc1. The summed E-state index contributed by atoms with van der Waals surface area (Å²) in [6.07, 6.45) is 3.69. The molecule has 0 aliphatic carbocycles. The van der Waals surface area contributed by atoms with E-state index < -0.39 is 5.97 Å². The summed E-state index contributed by atoms with van der Waals surface area (Å²) in [5.41, 5.74) is 4.07. The minimum atomic E-state index is -0.398. The monoisotopic (exact) mass is 459 g/mol. The quantitative estimate of drug-likeness (QED) is 0.335. The molecular formula is C27H22ClNO4. The van der Waals surface area contributed by atoms with Crippen LogP contribution < -0.4 is 9.64 Å². The second-order valence-corrected chi connectivity index (χ2v) is 7.75. The van der Waals surface area contributed by atoms with Gasteiger partial charge in [0.2, 0.25) is 0 Å². The zero-order chi connectivity index (χ0) is 23.4. The third-order valence-electron chi connectivity index (χ3n) is 5.20. The Labute approximate surface area is 197 Å². The number of carbonyl (C=O) groups is 2. The molecule has 1 aliphatic rings. The summed E-state index contributed by atoms with van der Waals surface area (Å²) in [7, 11) is 1.61. The lowest BCUT2D eigenvalue weighted by Crippen LogP contribution is -2.25. The molecule has 1 amide bonds. The van der Waals surface area contributed by atoms with E-state index in [2.05, 4.69) is 0 Å². The summed E-state index contributed by atoms with van der Waals surface area (Å²) in [6.45, 7) is 2.06. The molecule has 0 aromatic heterocycles. The van der Waals surface area contributed by atoms with Gasteiger partial charge in [0, 0.05) is 16.3 Å². The number of hydrogen-bond acceptors (Lipinski definition) is 4. The minimum absolute atomic E-state index is 0.167. The molecule has 4 rings (SSSR count). The molecule has 0 spiro atoms. The fourth-order valence-electron chi connectivity index (χ4n) is 3.55. The van der Waals surface area contributed by atoms with Gasteiger partial charge in [-0.3, -0.25) is 9.69 Å². The third kappa shape index (κ3) is 4.83. The van der Waals surface area contributed by atoms with Crippen LogP contribution in [0.25, 0.3) is 11.8 Å². The van der Waals surface area contributed by atoms with E-state index in [0.717, 1.165) is 22.6 Å². The van der Waals surface area contributed by atoms with Gasteiger partial charge in [0.05, 0.1) is 25.0 Å². The Balaban J connectivity index is 1.73. The van der Waals surface area contributed by atoms with E-state index in [0.29, 0.717) is 28.5 Å². The Bertz CT molecular complexity index is 1230. The van der Waals surface area contributed by atoms with E-state index in [1.165, 1.54) is 0 Å². The molecule has 5 nitrogen and oxygen atoms in total. The lowest BCUT2D eigenvalue weighted by atomic mass is 10.1. The van der Waals surface area contributed by atoms with Gasteiger partial charge in [0.1, 0.15) is 5.75 Å². The second-order valence-electron chi connectivity index (χ2n) is 7.32. The number of anilines is 1. The molecule has 1 heterocycles. The van der Waals surface area contributed by atoms with Crippen LogP contribution in [0.1, 0.15) is 28.4 Å². The van der Waals surface area contributed by atoms with Crippen molar-refractivity contribution in [2.45, 2.75) is 6.92 Å². The van der Waals surface area contributed by atoms with Crippen LogP contribution in [0.3, 0.4) is 0 Å². The number of halogens is 1. The van der Waals surface area contributed by atoms with Crippen molar-refractivity contribution in [3.8, 4) is 5.75 Å². The van der Waals surface area contributed by atoms with Crippen LogP contribution in [-0.2, 0) is 9.53 Å². The van der Waals surface area contributed by atoms with Crippen LogP contribution in [0, 0.1) is 0 Å². The molecular weight excluding hydrogens is 438 g/mol. The number of methoxy groups -OCH3 is 1. The number of nitrogens with zero attached hydrogens (tertiary/aromatic N) is 1. The smallest absolute Gasteiger partial charge is 0.338 e. The van der Waals surface area contributed by atoms with Crippen LogP contribution in [0.2, 0.25) is 5.02 Å². The van der Waals surface area contributed by atoms with E-state index in [4.69, 9.17) is 21.1 Å². The average Bonchev–Trinajstić information content (AvgIpc) is 3.16. The molecule has 3 aromatic carbocycles. The molecule has 0 unspecified atom stereocenters. The van der Waals surface area contributed by atoms with E-state index in [1.807, 2.05) is 48.6 Å². The lowest BCUT2D eigenvalue weighted by molar-refractivity contribution is -0.113. The molecule has 1 aliphatic heterocycles. The van der Waals surface area contributed by atoms with Crippen LogP contribution >= 0.6 is 11.6 Å². The highest BCUT2D eigenvalue weighted by atomic mass is 35.5. The third-order valence-corrected chi connectivity index (χ3v) is 5.45. The highest BCUT2D eigenvalue weighted by Gasteiger charge is 2.30. The molecule has 0 radical (unpaired) electrons. The topological polar surface area (TPSA) is 55.8 Å². The van der Waals surface area contributed by atoms with Crippen molar-refractivity contribution < 1.29 is 19.1 Å². The van der Waals surface area contributed by atoms with Crippen LogP contribution in [0.4, 0.5) is 5.69 Å². The zero-order valence-electron chi connectivity index (χ0n) is 18.2. The van der Waals surface area contributed by atoms with Crippen molar-refractivity contribution in [2.75, 3.05) is 18.6 Å². The number of esters is 1. The molecule has 0 bridgehead atoms. The Morgan fingerprint density at radius 2 is 1.64 bits per heavy atom. The van der Waals surface area contributed by atoms with Gasteiger partial charge < -0.3 is 9.47 Å². The molecule has 6 heteroatoms. The largest absolute Gasteiger partial charge is 0.497 e. The first-order valence-corrected chi connectivity index (χ1v) is 10.8. The lowest BCUT2D eigenvalue weighted by Gasteiger charge is -2.21. The van der Waals surface area contributed by atoms with Gasteiger partial charge in [-0.05, 0) is 78.7 Å². The van der Waals surface area contributed by atoms with E-state index in [9.17, 15) is 9.59 Å². The predicted octanol–water partition coefficient (Wildman–Crippen LogP) is 6.00. The van der Waals surface area contributed by atoms with Crippen molar-refractivity contribution in [1.29, 1.82) is 0 Å². The fourth-order valence-corrected chi connectivity index (χ4v) is 3.67. The molecule has 0 saturated carbocycles.